The van der Waals surface area contributed by atoms with Crippen LogP contribution >= 0.6 is 11.3 Å². The van der Waals surface area contributed by atoms with E-state index in [2.05, 4.69) is 4.98 Å². The third kappa shape index (κ3) is 2.08. The monoisotopic (exact) mass is 234 g/mol. The fourth-order valence-corrected chi connectivity index (χ4v) is 2.32. The van der Waals surface area contributed by atoms with Crippen LogP contribution in [0, 0.1) is 0 Å². The molecular weight excluding hydrogens is 220 g/mol. The maximum absolute atomic E-state index is 9.33. The number of anilines is 1. The van der Waals surface area contributed by atoms with E-state index in [1.807, 2.05) is 49.3 Å². The molecule has 0 fully saturated rings. The first-order valence-corrected chi connectivity index (χ1v) is 5.87. The average molecular weight is 234 g/mol. The largest absolute Gasteiger partial charge is 0.391 e. The maximum atomic E-state index is 9.33. The van der Waals surface area contributed by atoms with Gasteiger partial charge < -0.3 is 10.0 Å². The molecule has 0 saturated carbocycles. The van der Waals surface area contributed by atoms with Crippen LogP contribution in [0.4, 0.5) is 5.13 Å². The number of hydrogen-bond donors (Lipinski definition) is 1. The highest BCUT2D eigenvalue weighted by atomic mass is 32.1. The molecule has 0 unspecified atom stereocenters. The van der Waals surface area contributed by atoms with Gasteiger partial charge in [0.25, 0.3) is 0 Å². The van der Waals surface area contributed by atoms with Crippen LogP contribution in [-0.4, -0.2) is 24.2 Å². The Morgan fingerprint density at radius 3 is 2.50 bits per heavy atom. The summed E-state index contributed by atoms with van der Waals surface area (Å²) in [6.07, 6.45) is 0. The second-order valence-electron chi connectivity index (χ2n) is 3.69. The molecule has 0 aliphatic carbocycles. The van der Waals surface area contributed by atoms with Crippen LogP contribution in [0.15, 0.2) is 30.3 Å². The lowest BCUT2D eigenvalue weighted by Crippen LogP contribution is -2.07. The van der Waals surface area contributed by atoms with Gasteiger partial charge in [-0.1, -0.05) is 41.7 Å². The van der Waals surface area contributed by atoms with Crippen molar-refractivity contribution in [2.45, 2.75) is 6.61 Å². The lowest BCUT2D eigenvalue weighted by Gasteiger charge is -2.05. The fraction of sp³-hybridized carbons (Fsp3) is 0.250. The number of aromatic nitrogens is 1. The Morgan fingerprint density at radius 1 is 1.25 bits per heavy atom. The molecule has 0 aliphatic rings. The smallest absolute Gasteiger partial charge is 0.185 e. The second kappa shape index (κ2) is 4.63. The molecule has 1 N–H and O–H groups in total. The molecule has 1 aromatic heterocycles. The predicted molar refractivity (Wildman–Crippen MR) is 67.8 cm³/mol. The van der Waals surface area contributed by atoms with Gasteiger partial charge in [0.1, 0.15) is 0 Å². The zero-order chi connectivity index (χ0) is 11.5. The molecule has 4 heteroatoms. The highest BCUT2D eigenvalue weighted by Gasteiger charge is 2.12. The van der Waals surface area contributed by atoms with Crippen LogP contribution in [0.1, 0.15) is 4.88 Å². The molecule has 0 atom stereocenters. The summed E-state index contributed by atoms with van der Waals surface area (Å²) in [6.45, 7) is 0.0374. The molecule has 0 amide bonds. The minimum atomic E-state index is 0.0374. The molecule has 84 valence electrons. The molecule has 0 aliphatic heterocycles. The van der Waals surface area contributed by atoms with Gasteiger partial charge in [0.05, 0.1) is 17.2 Å². The van der Waals surface area contributed by atoms with Crippen LogP contribution < -0.4 is 4.90 Å². The number of thiazole rings is 1. The van der Waals surface area contributed by atoms with Gasteiger partial charge >= 0.3 is 0 Å². The van der Waals surface area contributed by atoms with Crippen LogP contribution in [0.2, 0.25) is 0 Å². The second-order valence-corrected chi connectivity index (χ2v) is 4.75. The Kier molecular flexibility index (Phi) is 3.22. The van der Waals surface area contributed by atoms with E-state index in [4.69, 9.17) is 0 Å². The van der Waals surface area contributed by atoms with Crippen LogP contribution in [0.3, 0.4) is 0 Å². The maximum Gasteiger partial charge on any atom is 0.185 e. The lowest BCUT2D eigenvalue weighted by atomic mass is 10.1. The summed E-state index contributed by atoms with van der Waals surface area (Å²) < 4.78 is 0. The first-order chi connectivity index (χ1) is 7.72. The minimum absolute atomic E-state index is 0.0374. The van der Waals surface area contributed by atoms with Crippen molar-refractivity contribution >= 4 is 16.5 Å². The highest BCUT2D eigenvalue weighted by molar-refractivity contribution is 7.16. The van der Waals surface area contributed by atoms with Gasteiger partial charge in [-0.3, -0.25) is 0 Å². The number of aliphatic hydroxyl groups excluding tert-OH is 1. The summed E-state index contributed by atoms with van der Waals surface area (Å²) in [4.78, 5) is 7.40. The Labute approximate surface area is 99.0 Å². The first-order valence-electron chi connectivity index (χ1n) is 5.05. The van der Waals surface area contributed by atoms with E-state index in [1.165, 1.54) is 11.3 Å². The van der Waals surface area contributed by atoms with Crippen LogP contribution in [0.5, 0.6) is 0 Å². The lowest BCUT2D eigenvalue weighted by molar-refractivity contribution is 0.286. The van der Waals surface area contributed by atoms with Gasteiger partial charge in [0.15, 0.2) is 5.13 Å². The van der Waals surface area contributed by atoms with Crippen molar-refractivity contribution in [2.24, 2.45) is 0 Å². The van der Waals surface area contributed by atoms with Crippen molar-refractivity contribution in [1.29, 1.82) is 0 Å². The van der Waals surface area contributed by atoms with Gasteiger partial charge in [-0.25, -0.2) is 4.98 Å². The molecule has 0 bridgehead atoms. The summed E-state index contributed by atoms with van der Waals surface area (Å²) >= 11 is 1.53. The highest BCUT2D eigenvalue weighted by Crippen LogP contribution is 2.32. The zero-order valence-electron chi connectivity index (χ0n) is 9.34. The summed E-state index contributed by atoms with van der Waals surface area (Å²) in [6, 6.07) is 9.94. The van der Waals surface area contributed by atoms with E-state index in [0.717, 1.165) is 21.3 Å². The molecule has 0 radical (unpaired) electrons. The van der Waals surface area contributed by atoms with E-state index >= 15 is 0 Å². The van der Waals surface area contributed by atoms with Gasteiger partial charge in [-0.05, 0) is 0 Å². The van der Waals surface area contributed by atoms with Gasteiger partial charge in [0, 0.05) is 19.7 Å². The Morgan fingerprint density at radius 2 is 1.94 bits per heavy atom. The topological polar surface area (TPSA) is 36.4 Å². The molecule has 3 nitrogen and oxygen atoms in total. The average Bonchev–Trinajstić information content (AvgIpc) is 2.74. The number of rotatable bonds is 3. The third-order valence-electron chi connectivity index (χ3n) is 2.26. The van der Waals surface area contributed by atoms with E-state index in [-0.39, 0.29) is 6.61 Å². The summed E-state index contributed by atoms with van der Waals surface area (Å²) in [5, 5.41) is 10.2. The standard InChI is InChI=1S/C12H14N2OS/c1-14(2)12-13-11(10(8-15)16-12)9-6-4-3-5-7-9/h3-7,15H,8H2,1-2H3. The normalized spacial score (nSPS) is 10.4. The van der Waals surface area contributed by atoms with Crippen LogP contribution in [-0.2, 0) is 6.61 Å². The summed E-state index contributed by atoms with van der Waals surface area (Å²) in [5.74, 6) is 0. The van der Waals surface area contributed by atoms with Crippen molar-refractivity contribution < 1.29 is 5.11 Å². The SMILES string of the molecule is CN(C)c1nc(-c2ccccc2)c(CO)s1. The van der Waals surface area contributed by atoms with Crippen molar-refractivity contribution in [1.82, 2.24) is 4.98 Å². The third-order valence-corrected chi connectivity index (χ3v) is 3.47. The number of hydrogen-bond acceptors (Lipinski definition) is 4. The fourth-order valence-electron chi connectivity index (χ4n) is 1.46. The molecular formula is C12H14N2OS. The van der Waals surface area contributed by atoms with E-state index in [1.54, 1.807) is 0 Å². The molecule has 1 heterocycles. The van der Waals surface area contributed by atoms with Crippen molar-refractivity contribution in [3.05, 3.63) is 35.2 Å². The quantitative estimate of drug-likeness (QED) is 0.885. The predicted octanol–water partition coefficient (Wildman–Crippen LogP) is 2.37. The molecule has 0 saturated heterocycles. The van der Waals surface area contributed by atoms with Gasteiger partial charge in [-0.15, -0.1) is 0 Å². The van der Waals surface area contributed by atoms with E-state index < -0.39 is 0 Å². The van der Waals surface area contributed by atoms with Crippen molar-refractivity contribution in [3.8, 4) is 11.3 Å². The van der Waals surface area contributed by atoms with Crippen molar-refractivity contribution in [3.63, 3.8) is 0 Å². The molecule has 1 aromatic carbocycles. The Hall–Kier alpha value is -1.39. The summed E-state index contributed by atoms with van der Waals surface area (Å²) in [7, 11) is 3.91. The molecule has 2 rings (SSSR count). The summed E-state index contributed by atoms with van der Waals surface area (Å²) in [5.41, 5.74) is 1.94. The number of aliphatic hydroxyl groups is 1. The zero-order valence-corrected chi connectivity index (χ0v) is 10.2. The molecule has 0 spiro atoms. The first kappa shape index (κ1) is 11.1. The van der Waals surface area contributed by atoms with E-state index in [0.29, 0.717) is 0 Å². The molecule has 2 aromatic rings. The van der Waals surface area contributed by atoms with Gasteiger partial charge in [0.2, 0.25) is 0 Å². The number of benzene rings is 1. The van der Waals surface area contributed by atoms with E-state index in [9.17, 15) is 5.11 Å². The van der Waals surface area contributed by atoms with Crippen molar-refractivity contribution in [2.75, 3.05) is 19.0 Å². The van der Waals surface area contributed by atoms with Crippen LogP contribution in [0.25, 0.3) is 11.3 Å². The minimum Gasteiger partial charge on any atom is -0.391 e. The Balaban J connectivity index is 2.48. The Bertz CT molecular complexity index is 465. The molecule has 16 heavy (non-hydrogen) atoms. The number of nitrogens with zero attached hydrogens (tertiary/aromatic N) is 2. The van der Waals surface area contributed by atoms with Gasteiger partial charge in [-0.2, -0.15) is 0 Å².